The van der Waals surface area contributed by atoms with Gasteiger partial charge in [-0.2, -0.15) is 5.10 Å². The monoisotopic (exact) mass is 388 g/mol. The van der Waals surface area contributed by atoms with Crippen LogP contribution in [0.1, 0.15) is 21.6 Å². The van der Waals surface area contributed by atoms with Crippen molar-refractivity contribution in [3.8, 4) is 0 Å². The maximum Gasteiger partial charge on any atom is 0.359 e. The summed E-state index contributed by atoms with van der Waals surface area (Å²) >= 11 is 0. The van der Waals surface area contributed by atoms with Crippen LogP contribution in [0.25, 0.3) is 10.8 Å². The van der Waals surface area contributed by atoms with E-state index in [1.165, 1.54) is 16.8 Å². The van der Waals surface area contributed by atoms with Crippen molar-refractivity contribution < 1.29 is 13.9 Å². The maximum atomic E-state index is 13.3. The Morgan fingerprint density at radius 2 is 1.59 bits per heavy atom. The molecule has 0 aliphatic carbocycles. The Labute approximate surface area is 166 Å². The summed E-state index contributed by atoms with van der Waals surface area (Å²) in [5.74, 6) is -1.08. The molecule has 0 fully saturated rings. The number of carbonyl (C=O) groups is 1. The van der Waals surface area contributed by atoms with Crippen LogP contribution in [0.15, 0.2) is 83.7 Å². The Morgan fingerprint density at radius 3 is 2.34 bits per heavy atom. The van der Waals surface area contributed by atoms with E-state index in [1.54, 1.807) is 36.4 Å². The molecule has 0 aliphatic rings. The molecule has 1 aromatic heterocycles. The van der Waals surface area contributed by atoms with Crippen LogP contribution in [0.2, 0.25) is 0 Å². The average molecular weight is 388 g/mol. The highest BCUT2D eigenvalue weighted by Gasteiger charge is 2.18. The predicted octanol–water partition coefficient (Wildman–Crippen LogP) is 3.94. The zero-order valence-electron chi connectivity index (χ0n) is 15.4. The zero-order chi connectivity index (χ0) is 20.2. The summed E-state index contributed by atoms with van der Waals surface area (Å²) < 4.78 is 19.9. The predicted molar refractivity (Wildman–Crippen MR) is 107 cm³/mol. The number of esters is 1. The van der Waals surface area contributed by atoms with Crippen molar-refractivity contribution in [2.24, 2.45) is 0 Å². The number of benzene rings is 3. The van der Waals surface area contributed by atoms with Crippen LogP contribution in [-0.4, -0.2) is 15.7 Å². The van der Waals surface area contributed by atoms with E-state index in [2.05, 4.69) is 5.10 Å². The fraction of sp³-hybridized carbons (Fsp3) is 0.0870. The molecular formula is C23H17FN2O3. The standard InChI is InChI=1S/C23H17FN2O3/c24-18-10-6-9-17(13-18)15-29-23(28)21-19-11-4-5-12-20(19)22(27)26(25-21)14-16-7-2-1-3-8-16/h1-13H,14-15H2. The molecule has 3 aromatic carbocycles. The lowest BCUT2D eigenvalue weighted by Crippen LogP contribution is -2.27. The largest absolute Gasteiger partial charge is 0.456 e. The smallest absolute Gasteiger partial charge is 0.359 e. The average Bonchev–Trinajstić information content (AvgIpc) is 2.75. The van der Waals surface area contributed by atoms with E-state index in [0.29, 0.717) is 16.3 Å². The number of nitrogens with zero attached hydrogens (tertiary/aromatic N) is 2. The van der Waals surface area contributed by atoms with Crippen molar-refractivity contribution in [2.75, 3.05) is 0 Å². The van der Waals surface area contributed by atoms with E-state index in [9.17, 15) is 14.0 Å². The highest BCUT2D eigenvalue weighted by molar-refractivity contribution is 6.02. The number of rotatable bonds is 5. The summed E-state index contributed by atoms with van der Waals surface area (Å²) in [4.78, 5) is 25.6. The molecule has 0 spiro atoms. The minimum Gasteiger partial charge on any atom is -0.456 e. The fourth-order valence-corrected chi connectivity index (χ4v) is 3.09. The highest BCUT2D eigenvalue weighted by atomic mass is 19.1. The summed E-state index contributed by atoms with van der Waals surface area (Å²) in [5.41, 5.74) is 1.18. The molecule has 6 heteroatoms. The van der Waals surface area contributed by atoms with E-state index in [-0.39, 0.29) is 24.4 Å². The molecule has 4 rings (SSSR count). The maximum absolute atomic E-state index is 13.3. The normalized spacial score (nSPS) is 10.8. The number of fused-ring (bicyclic) bond motifs is 1. The third kappa shape index (κ3) is 4.06. The lowest BCUT2D eigenvalue weighted by Gasteiger charge is -2.11. The Bertz CT molecular complexity index is 1240. The minimum absolute atomic E-state index is 0.0486. The van der Waals surface area contributed by atoms with Crippen LogP contribution >= 0.6 is 0 Å². The van der Waals surface area contributed by atoms with Gasteiger partial charge in [-0.15, -0.1) is 0 Å². The summed E-state index contributed by atoms with van der Waals surface area (Å²) in [6.07, 6.45) is 0. The Morgan fingerprint density at radius 1 is 0.897 bits per heavy atom. The van der Waals surface area contributed by atoms with E-state index in [1.807, 2.05) is 30.3 Å². The Kier molecular flexibility index (Phi) is 5.16. The number of carbonyl (C=O) groups excluding carboxylic acids is 1. The van der Waals surface area contributed by atoms with Crippen molar-refractivity contribution in [1.82, 2.24) is 9.78 Å². The number of ether oxygens (including phenoxy) is 1. The van der Waals surface area contributed by atoms with Crippen molar-refractivity contribution in [2.45, 2.75) is 13.2 Å². The van der Waals surface area contributed by atoms with Crippen LogP contribution in [0.5, 0.6) is 0 Å². The zero-order valence-corrected chi connectivity index (χ0v) is 15.4. The molecule has 0 aliphatic heterocycles. The van der Waals surface area contributed by atoms with E-state index in [4.69, 9.17) is 4.74 Å². The second kappa shape index (κ2) is 8.06. The lowest BCUT2D eigenvalue weighted by molar-refractivity contribution is 0.0465. The quantitative estimate of drug-likeness (QED) is 0.486. The van der Waals surface area contributed by atoms with E-state index < -0.39 is 11.8 Å². The van der Waals surface area contributed by atoms with Gasteiger partial charge in [-0.25, -0.2) is 13.9 Å². The van der Waals surface area contributed by atoms with Crippen molar-refractivity contribution >= 4 is 16.7 Å². The third-order valence-electron chi connectivity index (χ3n) is 4.50. The highest BCUT2D eigenvalue weighted by Crippen LogP contribution is 2.16. The molecule has 0 amide bonds. The lowest BCUT2D eigenvalue weighted by atomic mass is 10.1. The molecule has 5 nitrogen and oxygen atoms in total. The molecule has 0 atom stereocenters. The summed E-state index contributed by atoms with van der Waals surface area (Å²) in [6, 6.07) is 22.0. The van der Waals surface area contributed by atoms with Gasteiger partial charge >= 0.3 is 5.97 Å². The minimum atomic E-state index is -0.674. The van der Waals surface area contributed by atoms with Crippen molar-refractivity contribution in [3.63, 3.8) is 0 Å². The van der Waals surface area contributed by atoms with Crippen molar-refractivity contribution in [3.05, 3.63) is 112 Å². The van der Waals surface area contributed by atoms with Gasteiger partial charge in [0.15, 0.2) is 5.69 Å². The molecular weight excluding hydrogens is 371 g/mol. The molecule has 0 saturated heterocycles. The van der Waals surface area contributed by atoms with Gasteiger partial charge in [0, 0.05) is 5.39 Å². The molecule has 0 saturated carbocycles. The van der Waals surface area contributed by atoms with Gasteiger partial charge in [-0.1, -0.05) is 60.7 Å². The fourth-order valence-electron chi connectivity index (χ4n) is 3.09. The molecule has 4 aromatic rings. The number of aromatic nitrogens is 2. The first-order chi connectivity index (χ1) is 14.1. The SMILES string of the molecule is O=C(OCc1cccc(F)c1)c1nn(Cc2ccccc2)c(=O)c2ccccc12. The Balaban J connectivity index is 1.69. The molecule has 144 valence electrons. The van der Waals surface area contributed by atoms with Crippen LogP contribution in [0, 0.1) is 5.82 Å². The van der Waals surface area contributed by atoms with Gasteiger partial charge in [0.1, 0.15) is 12.4 Å². The second-order valence-electron chi connectivity index (χ2n) is 6.55. The first kappa shape index (κ1) is 18.6. The number of hydrogen-bond donors (Lipinski definition) is 0. The molecule has 1 heterocycles. The summed E-state index contributed by atoms with van der Waals surface area (Å²) in [7, 11) is 0. The van der Waals surface area contributed by atoms with Gasteiger partial charge in [0.2, 0.25) is 0 Å². The summed E-state index contributed by atoms with van der Waals surface area (Å²) in [6.45, 7) is 0.138. The van der Waals surface area contributed by atoms with E-state index >= 15 is 0 Å². The van der Waals surface area contributed by atoms with Crippen LogP contribution in [-0.2, 0) is 17.9 Å². The van der Waals surface area contributed by atoms with Gasteiger partial charge in [-0.3, -0.25) is 4.79 Å². The molecule has 0 unspecified atom stereocenters. The van der Waals surface area contributed by atoms with Gasteiger partial charge in [0.05, 0.1) is 11.9 Å². The van der Waals surface area contributed by atoms with Gasteiger partial charge < -0.3 is 4.74 Å². The van der Waals surface area contributed by atoms with Crippen molar-refractivity contribution in [1.29, 1.82) is 0 Å². The van der Waals surface area contributed by atoms with E-state index in [0.717, 1.165) is 5.56 Å². The molecule has 29 heavy (non-hydrogen) atoms. The first-order valence-corrected chi connectivity index (χ1v) is 9.07. The third-order valence-corrected chi connectivity index (χ3v) is 4.50. The molecule has 0 bridgehead atoms. The number of halogens is 1. The number of hydrogen-bond acceptors (Lipinski definition) is 4. The van der Waals surface area contributed by atoms with Crippen LogP contribution in [0.3, 0.4) is 0 Å². The van der Waals surface area contributed by atoms with Gasteiger partial charge in [0.25, 0.3) is 5.56 Å². The topological polar surface area (TPSA) is 61.2 Å². The van der Waals surface area contributed by atoms with Crippen LogP contribution in [0.4, 0.5) is 4.39 Å². The second-order valence-corrected chi connectivity index (χ2v) is 6.55. The molecule has 0 N–H and O–H groups in total. The van der Waals surface area contributed by atoms with Crippen LogP contribution < -0.4 is 5.56 Å². The first-order valence-electron chi connectivity index (χ1n) is 9.07. The molecule has 0 radical (unpaired) electrons. The van der Waals surface area contributed by atoms with Gasteiger partial charge in [-0.05, 0) is 29.3 Å². The Hall–Kier alpha value is -3.80. The summed E-state index contributed by atoms with van der Waals surface area (Å²) in [5, 5.41) is 5.09.